The lowest BCUT2D eigenvalue weighted by atomic mass is 10.3. The molecule has 4 heterocycles. The number of hydrogen-bond acceptors (Lipinski definition) is 8. The van der Waals surface area contributed by atoms with Gasteiger partial charge >= 0.3 is 6.01 Å². The molecule has 26 heavy (non-hydrogen) atoms. The standard InChI is InChI=1S/C16H12ClN7O2/c1-2-11-13(17)12-14(22-11)23-16(26-10-5-20-8-21-6-10)24-15(12)25-9-3-18-7-19-4-9/h3-8H,2H2,1H3,(H,22,23,24). The number of rotatable bonds is 5. The van der Waals surface area contributed by atoms with Crippen molar-refractivity contribution in [3.63, 3.8) is 0 Å². The molecule has 0 amide bonds. The van der Waals surface area contributed by atoms with Crippen LogP contribution < -0.4 is 9.47 Å². The van der Waals surface area contributed by atoms with E-state index in [0.717, 1.165) is 5.69 Å². The lowest BCUT2D eigenvalue weighted by molar-refractivity contribution is 0.413. The van der Waals surface area contributed by atoms with Crippen LogP contribution in [0.3, 0.4) is 0 Å². The molecular formula is C16H12ClN7O2. The second-order valence-electron chi connectivity index (χ2n) is 5.16. The van der Waals surface area contributed by atoms with Crippen molar-refractivity contribution in [1.82, 2.24) is 34.9 Å². The molecule has 0 saturated heterocycles. The average molecular weight is 370 g/mol. The summed E-state index contributed by atoms with van der Waals surface area (Å²) in [4.78, 5) is 27.5. The van der Waals surface area contributed by atoms with Crippen LogP contribution in [0.4, 0.5) is 0 Å². The van der Waals surface area contributed by atoms with Crippen molar-refractivity contribution in [1.29, 1.82) is 0 Å². The van der Waals surface area contributed by atoms with Crippen LogP contribution >= 0.6 is 11.6 Å². The lowest BCUT2D eigenvalue weighted by Gasteiger charge is -2.08. The molecule has 4 aromatic rings. The number of aryl methyl sites for hydroxylation is 1. The molecule has 4 rings (SSSR count). The Bertz CT molecular complexity index is 1040. The first-order valence-corrected chi connectivity index (χ1v) is 8.06. The van der Waals surface area contributed by atoms with E-state index < -0.39 is 0 Å². The van der Waals surface area contributed by atoms with Crippen molar-refractivity contribution in [2.45, 2.75) is 13.3 Å². The third-order valence-corrected chi connectivity index (χ3v) is 3.88. The largest absolute Gasteiger partial charge is 0.435 e. The van der Waals surface area contributed by atoms with E-state index in [1.165, 1.54) is 37.4 Å². The Hall–Kier alpha value is -3.33. The maximum absolute atomic E-state index is 6.46. The van der Waals surface area contributed by atoms with Gasteiger partial charge in [0.2, 0.25) is 5.88 Å². The highest BCUT2D eigenvalue weighted by Gasteiger charge is 2.19. The molecule has 9 nitrogen and oxygen atoms in total. The number of fused-ring (bicyclic) bond motifs is 1. The van der Waals surface area contributed by atoms with Gasteiger partial charge in [-0.05, 0) is 6.42 Å². The van der Waals surface area contributed by atoms with Crippen molar-refractivity contribution >= 4 is 22.6 Å². The van der Waals surface area contributed by atoms with Gasteiger partial charge in [0.1, 0.15) is 23.7 Å². The Morgan fingerprint density at radius 3 is 2.15 bits per heavy atom. The highest BCUT2D eigenvalue weighted by molar-refractivity contribution is 6.36. The van der Waals surface area contributed by atoms with Crippen molar-refractivity contribution in [3.8, 4) is 23.4 Å². The SMILES string of the molecule is CCc1[nH]c2nc(Oc3cncnc3)nc(Oc3cncnc3)c2c1Cl. The maximum atomic E-state index is 6.46. The molecule has 0 aliphatic heterocycles. The molecule has 1 N–H and O–H groups in total. The zero-order valence-electron chi connectivity index (χ0n) is 13.5. The van der Waals surface area contributed by atoms with Gasteiger partial charge in [-0.2, -0.15) is 9.97 Å². The number of aromatic amines is 1. The molecule has 0 atom stereocenters. The zero-order chi connectivity index (χ0) is 17.9. The normalized spacial score (nSPS) is 10.8. The Balaban J connectivity index is 1.81. The van der Waals surface area contributed by atoms with Gasteiger partial charge in [0, 0.05) is 5.69 Å². The summed E-state index contributed by atoms with van der Waals surface area (Å²) in [5, 5.41) is 1.06. The Kier molecular flexibility index (Phi) is 4.28. The molecular weight excluding hydrogens is 358 g/mol. The molecule has 0 saturated carbocycles. The number of aromatic nitrogens is 7. The Morgan fingerprint density at radius 1 is 0.923 bits per heavy atom. The number of hydrogen-bond donors (Lipinski definition) is 1. The third kappa shape index (κ3) is 3.11. The van der Waals surface area contributed by atoms with Crippen LogP contribution in [0, 0.1) is 0 Å². The molecule has 0 aromatic carbocycles. The minimum atomic E-state index is 0.0692. The molecule has 0 aliphatic carbocycles. The summed E-state index contributed by atoms with van der Waals surface area (Å²) in [6, 6.07) is 0.0692. The van der Waals surface area contributed by atoms with E-state index in [1.807, 2.05) is 6.92 Å². The number of halogens is 1. The van der Waals surface area contributed by atoms with E-state index in [1.54, 1.807) is 0 Å². The van der Waals surface area contributed by atoms with Crippen LogP contribution in [0.5, 0.6) is 23.4 Å². The van der Waals surface area contributed by atoms with E-state index in [-0.39, 0.29) is 11.9 Å². The summed E-state index contributed by atoms with van der Waals surface area (Å²) in [6.45, 7) is 1.98. The minimum absolute atomic E-state index is 0.0692. The molecule has 0 unspecified atom stereocenters. The monoisotopic (exact) mass is 369 g/mol. The second-order valence-corrected chi connectivity index (χ2v) is 5.54. The highest BCUT2D eigenvalue weighted by Crippen LogP contribution is 2.36. The van der Waals surface area contributed by atoms with Gasteiger partial charge < -0.3 is 14.5 Å². The molecule has 10 heteroatoms. The molecule has 0 fully saturated rings. The fourth-order valence-electron chi connectivity index (χ4n) is 2.31. The van der Waals surface area contributed by atoms with Gasteiger partial charge in [0.15, 0.2) is 11.5 Å². The van der Waals surface area contributed by atoms with Crippen molar-refractivity contribution in [2.24, 2.45) is 0 Å². The van der Waals surface area contributed by atoms with Crippen LogP contribution in [0.2, 0.25) is 5.02 Å². The second kappa shape index (κ2) is 6.89. The zero-order valence-corrected chi connectivity index (χ0v) is 14.3. The minimum Gasteiger partial charge on any atom is -0.435 e. The molecule has 0 aliphatic rings. The summed E-state index contributed by atoms with van der Waals surface area (Å²) >= 11 is 6.46. The van der Waals surface area contributed by atoms with E-state index in [9.17, 15) is 0 Å². The first kappa shape index (κ1) is 16.2. The lowest BCUT2D eigenvalue weighted by Crippen LogP contribution is -1.97. The van der Waals surface area contributed by atoms with E-state index in [4.69, 9.17) is 21.1 Å². The molecule has 0 bridgehead atoms. The van der Waals surface area contributed by atoms with Gasteiger partial charge in [0.25, 0.3) is 0 Å². The first-order chi connectivity index (χ1) is 12.7. The molecule has 4 aromatic heterocycles. The fraction of sp³-hybridized carbons (Fsp3) is 0.125. The Morgan fingerprint density at radius 2 is 1.54 bits per heavy atom. The summed E-state index contributed by atoms with van der Waals surface area (Å²) in [5.74, 6) is 1.05. The summed E-state index contributed by atoms with van der Waals surface area (Å²) in [6.07, 6.45) is 9.56. The molecule has 130 valence electrons. The van der Waals surface area contributed by atoms with Crippen LogP contribution in [0.15, 0.2) is 37.4 Å². The molecule has 0 radical (unpaired) electrons. The smallest absolute Gasteiger partial charge is 0.327 e. The van der Waals surface area contributed by atoms with Crippen LogP contribution in [-0.2, 0) is 6.42 Å². The van der Waals surface area contributed by atoms with E-state index >= 15 is 0 Å². The first-order valence-electron chi connectivity index (χ1n) is 7.68. The fourth-order valence-corrected chi connectivity index (χ4v) is 2.67. The van der Waals surface area contributed by atoms with Crippen LogP contribution in [0.25, 0.3) is 11.0 Å². The summed E-state index contributed by atoms with van der Waals surface area (Å²) < 4.78 is 11.4. The van der Waals surface area contributed by atoms with E-state index in [2.05, 4.69) is 34.9 Å². The predicted octanol–water partition coefficient (Wildman–Crippen LogP) is 3.34. The predicted molar refractivity (Wildman–Crippen MR) is 92.5 cm³/mol. The third-order valence-electron chi connectivity index (χ3n) is 3.46. The maximum Gasteiger partial charge on any atom is 0.327 e. The van der Waals surface area contributed by atoms with Crippen molar-refractivity contribution in [2.75, 3.05) is 0 Å². The number of nitrogens with zero attached hydrogens (tertiary/aromatic N) is 6. The van der Waals surface area contributed by atoms with Crippen molar-refractivity contribution < 1.29 is 9.47 Å². The topological polar surface area (TPSA) is 112 Å². The van der Waals surface area contributed by atoms with Crippen LogP contribution in [-0.4, -0.2) is 34.9 Å². The van der Waals surface area contributed by atoms with Crippen molar-refractivity contribution in [3.05, 3.63) is 48.2 Å². The van der Waals surface area contributed by atoms with Gasteiger partial charge in [-0.1, -0.05) is 18.5 Å². The number of H-pyrrole nitrogens is 1. The summed E-state index contributed by atoms with van der Waals surface area (Å²) in [7, 11) is 0. The van der Waals surface area contributed by atoms with Gasteiger partial charge in [-0.3, -0.25) is 0 Å². The van der Waals surface area contributed by atoms with Crippen LogP contribution in [0.1, 0.15) is 12.6 Å². The number of ether oxygens (including phenoxy) is 2. The van der Waals surface area contributed by atoms with Gasteiger partial charge in [-0.25, -0.2) is 19.9 Å². The average Bonchev–Trinajstić information content (AvgIpc) is 2.99. The summed E-state index contributed by atoms with van der Waals surface area (Å²) in [5.41, 5.74) is 1.32. The van der Waals surface area contributed by atoms with Gasteiger partial charge in [-0.15, -0.1) is 0 Å². The van der Waals surface area contributed by atoms with Gasteiger partial charge in [0.05, 0.1) is 29.8 Å². The molecule has 0 spiro atoms. The highest BCUT2D eigenvalue weighted by atomic mass is 35.5. The quantitative estimate of drug-likeness (QED) is 0.570. The van der Waals surface area contributed by atoms with E-state index in [0.29, 0.717) is 34.0 Å². The number of nitrogens with one attached hydrogen (secondary N) is 1. The Labute approximate surface area is 152 Å².